The summed E-state index contributed by atoms with van der Waals surface area (Å²) in [6.45, 7) is 0. The lowest BCUT2D eigenvalue weighted by Gasteiger charge is -2.33. The summed E-state index contributed by atoms with van der Waals surface area (Å²) in [5.74, 6) is 0.682. The minimum atomic E-state index is -0.518. The number of fused-ring (bicyclic) bond motifs is 3. The van der Waals surface area contributed by atoms with Gasteiger partial charge in [0.05, 0.1) is 16.8 Å². The highest BCUT2D eigenvalue weighted by molar-refractivity contribution is 5.95. The molecule has 2 heterocycles. The second-order valence-electron chi connectivity index (χ2n) is 17.1. The highest BCUT2D eigenvalue weighted by Crippen LogP contribution is 2.58. The highest BCUT2D eigenvalue weighted by atomic mass is 14.9. The summed E-state index contributed by atoms with van der Waals surface area (Å²) < 4.78 is 0. The molecule has 12 rings (SSSR count). The molecule has 1 aliphatic carbocycles. The molecule has 0 saturated heterocycles. The van der Waals surface area contributed by atoms with Crippen molar-refractivity contribution >= 4 is 0 Å². The monoisotopic (exact) mass is 853 g/mol. The molecule has 3 heteroatoms. The zero-order valence-corrected chi connectivity index (χ0v) is 36.7. The summed E-state index contributed by atoms with van der Waals surface area (Å²) in [5.41, 5.74) is 20.9. The molecule has 0 bridgehead atoms. The molecule has 0 unspecified atom stereocenters. The van der Waals surface area contributed by atoms with Gasteiger partial charge < -0.3 is 0 Å². The number of hydrogen-bond acceptors (Lipinski definition) is 3. The number of hydrogen-bond donors (Lipinski definition) is 0. The largest absolute Gasteiger partial charge is 0.264 e. The predicted molar refractivity (Wildman–Crippen MR) is 275 cm³/mol. The maximum atomic E-state index is 5.45. The van der Waals surface area contributed by atoms with Gasteiger partial charge in [-0.1, -0.05) is 237 Å². The zero-order chi connectivity index (χ0) is 44.6. The average Bonchev–Trinajstić information content (AvgIpc) is 3.73. The van der Waals surface area contributed by atoms with E-state index in [1.54, 1.807) is 6.20 Å². The van der Waals surface area contributed by atoms with Gasteiger partial charge in [-0.05, 0) is 90.0 Å². The Morgan fingerprint density at radius 2 is 0.701 bits per heavy atom. The molecule has 0 radical (unpaired) electrons. The third kappa shape index (κ3) is 7.15. The number of nitrogens with zero attached hydrogens (tertiary/aromatic N) is 3. The van der Waals surface area contributed by atoms with E-state index in [9.17, 15) is 0 Å². The second-order valence-corrected chi connectivity index (χ2v) is 17.1. The molecule has 0 aliphatic heterocycles. The Labute approximate surface area is 391 Å². The molecular formula is C64H43N3. The van der Waals surface area contributed by atoms with Crippen molar-refractivity contribution in [3.05, 3.63) is 283 Å². The third-order valence-corrected chi connectivity index (χ3v) is 13.3. The van der Waals surface area contributed by atoms with Gasteiger partial charge in [0.2, 0.25) is 0 Å². The molecule has 0 N–H and O–H groups in total. The molecule has 0 spiro atoms. The lowest BCUT2D eigenvalue weighted by atomic mass is 9.67. The van der Waals surface area contributed by atoms with Gasteiger partial charge in [0, 0.05) is 29.1 Å². The summed E-state index contributed by atoms with van der Waals surface area (Å²) in [5, 5.41) is 0. The van der Waals surface area contributed by atoms with Gasteiger partial charge in [0.1, 0.15) is 0 Å². The lowest BCUT2D eigenvalue weighted by Crippen LogP contribution is -2.28. The maximum absolute atomic E-state index is 5.45. The third-order valence-electron chi connectivity index (χ3n) is 13.3. The van der Waals surface area contributed by atoms with Gasteiger partial charge in [-0.2, -0.15) is 0 Å². The molecule has 3 nitrogen and oxygen atoms in total. The molecule has 67 heavy (non-hydrogen) atoms. The second kappa shape index (κ2) is 17.0. The van der Waals surface area contributed by atoms with Crippen molar-refractivity contribution in [1.29, 1.82) is 0 Å². The predicted octanol–water partition coefficient (Wildman–Crippen LogP) is 15.9. The Morgan fingerprint density at radius 3 is 1.25 bits per heavy atom. The Balaban J connectivity index is 0.956. The van der Waals surface area contributed by atoms with Crippen LogP contribution in [0.5, 0.6) is 0 Å². The van der Waals surface area contributed by atoms with Crippen LogP contribution in [0.25, 0.3) is 89.5 Å². The van der Waals surface area contributed by atoms with Crippen LogP contribution in [0.3, 0.4) is 0 Å². The Hall–Kier alpha value is -8.79. The number of benzene rings is 9. The molecule has 0 fully saturated rings. The standard InChI is InChI=1S/C64H43N3/c1-4-14-44(15-5-1)45-35-39-52(40-36-45)63-66-60(51-37-33-49(34-38-51)47-27-25-46(26-28-47)48-29-31-50(32-30-48)53-16-13-41-65-43-53)42-61(67-63)57-22-12-24-59-62(57)56-21-10-11-23-58(56)64(59,54-17-6-2-7-18-54)55-19-8-3-9-20-55/h1-43H. The Kier molecular flexibility index (Phi) is 10.1. The van der Waals surface area contributed by atoms with E-state index in [0.29, 0.717) is 5.82 Å². The summed E-state index contributed by atoms with van der Waals surface area (Å²) >= 11 is 0. The smallest absolute Gasteiger partial charge is 0.160 e. The van der Waals surface area contributed by atoms with Crippen LogP contribution in [0, 0.1) is 0 Å². The molecule has 0 saturated carbocycles. The van der Waals surface area contributed by atoms with Crippen molar-refractivity contribution in [2.24, 2.45) is 0 Å². The minimum Gasteiger partial charge on any atom is -0.264 e. The van der Waals surface area contributed by atoms with Crippen LogP contribution >= 0.6 is 0 Å². The van der Waals surface area contributed by atoms with Gasteiger partial charge in [-0.3, -0.25) is 4.98 Å². The van der Waals surface area contributed by atoms with E-state index in [1.807, 2.05) is 12.3 Å². The Morgan fingerprint density at radius 1 is 0.284 bits per heavy atom. The van der Waals surface area contributed by atoms with Crippen LogP contribution in [0.4, 0.5) is 0 Å². The van der Waals surface area contributed by atoms with Gasteiger partial charge in [-0.15, -0.1) is 0 Å². The first-order valence-corrected chi connectivity index (χ1v) is 22.8. The van der Waals surface area contributed by atoms with E-state index in [2.05, 4.69) is 248 Å². The van der Waals surface area contributed by atoms with E-state index < -0.39 is 5.41 Å². The van der Waals surface area contributed by atoms with Crippen molar-refractivity contribution in [2.75, 3.05) is 0 Å². The van der Waals surface area contributed by atoms with Crippen molar-refractivity contribution in [1.82, 2.24) is 15.0 Å². The first kappa shape index (κ1) is 39.8. The molecule has 0 atom stereocenters. The summed E-state index contributed by atoms with van der Waals surface area (Å²) in [7, 11) is 0. The molecule has 9 aromatic carbocycles. The van der Waals surface area contributed by atoms with Crippen LogP contribution in [0.1, 0.15) is 22.3 Å². The molecule has 1 aliphatic rings. The van der Waals surface area contributed by atoms with Crippen molar-refractivity contribution in [3.8, 4) is 89.5 Å². The highest BCUT2D eigenvalue weighted by Gasteiger charge is 2.46. The van der Waals surface area contributed by atoms with Crippen molar-refractivity contribution in [3.63, 3.8) is 0 Å². The SMILES string of the molecule is c1ccc(-c2ccc(-c3nc(-c4ccc(-c5ccc(-c6ccc(-c7cccnc7)cc6)cc5)cc4)cc(-c4cccc5c4-c4ccccc4C5(c4ccccc4)c4ccccc4)n3)cc2)cc1. The van der Waals surface area contributed by atoms with Crippen LogP contribution in [0.15, 0.2) is 261 Å². The Bertz CT molecular complexity index is 3460. The minimum absolute atomic E-state index is 0.518. The van der Waals surface area contributed by atoms with E-state index in [4.69, 9.17) is 9.97 Å². The lowest BCUT2D eigenvalue weighted by molar-refractivity contribution is 0.768. The van der Waals surface area contributed by atoms with E-state index in [1.165, 1.54) is 50.1 Å². The van der Waals surface area contributed by atoms with Gasteiger partial charge >= 0.3 is 0 Å². The van der Waals surface area contributed by atoms with E-state index in [-0.39, 0.29) is 0 Å². The van der Waals surface area contributed by atoms with E-state index in [0.717, 1.165) is 55.9 Å². The first-order chi connectivity index (χ1) is 33.2. The number of pyridine rings is 1. The topological polar surface area (TPSA) is 38.7 Å². The molecule has 11 aromatic rings. The average molecular weight is 854 g/mol. The molecule has 0 amide bonds. The normalized spacial score (nSPS) is 12.3. The van der Waals surface area contributed by atoms with Crippen molar-refractivity contribution < 1.29 is 0 Å². The summed E-state index contributed by atoms with van der Waals surface area (Å²) in [6, 6.07) is 89.2. The molecule has 314 valence electrons. The quantitative estimate of drug-likeness (QED) is 0.145. The molecule has 2 aromatic heterocycles. The van der Waals surface area contributed by atoms with Crippen LogP contribution in [0.2, 0.25) is 0 Å². The summed E-state index contributed by atoms with van der Waals surface area (Å²) in [4.78, 5) is 15.1. The van der Waals surface area contributed by atoms with Crippen LogP contribution in [-0.4, -0.2) is 15.0 Å². The summed E-state index contributed by atoms with van der Waals surface area (Å²) in [6.07, 6.45) is 3.71. The van der Waals surface area contributed by atoms with Gasteiger partial charge in [0.15, 0.2) is 5.82 Å². The number of rotatable bonds is 9. The fourth-order valence-corrected chi connectivity index (χ4v) is 10.1. The van der Waals surface area contributed by atoms with Gasteiger partial charge in [0.25, 0.3) is 0 Å². The maximum Gasteiger partial charge on any atom is 0.160 e. The zero-order valence-electron chi connectivity index (χ0n) is 36.7. The number of aromatic nitrogens is 3. The van der Waals surface area contributed by atoms with Crippen molar-refractivity contribution in [2.45, 2.75) is 5.41 Å². The van der Waals surface area contributed by atoms with E-state index >= 15 is 0 Å². The fraction of sp³-hybridized carbons (Fsp3) is 0.0156. The first-order valence-electron chi connectivity index (χ1n) is 22.8. The van der Waals surface area contributed by atoms with Crippen LogP contribution < -0.4 is 0 Å². The molecular weight excluding hydrogens is 811 g/mol. The fourth-order valence-electron chi connectivity index (χ4n) is 10.1. The van der Waals surface area contributed by atoms with Crippen LogP contribution in [-0.2, 0) is 5.41 Å². The van der Waals surface area contributed by atoms with Gasteiger partial charge in [-0.25, -0.2) is 9.97 Å².